The Morgan fingerprint density at radius 1 is 1.47 bits per heavy atom. The van der Waals surface area contributed by atoms with Crippen LogP contribution in [0.4, 0.5) is 0 Å². The zero-order chi connectivity index (χ0) is 12.1. The maximum absolute atomic E-state index is 4.20. The Balaban J connectivity index is 1.95. The summed E-state index contributed by atoms with van der Waals surface area (Å²) in [6.07, 6.45) is 8.83. The average Bonchev–Trinajstić information content (AvgIpc) is 2.75. The number of nitrogens with zero attached hydrogens (tertiary/aromatic N) is 1. The third-order valence-electron chi connectivity index (χ3n) is 2.78. The molecule has 1 aliphatic heterocycles. The molecule has 1 aliphatic rings. The second-order valence-electron chi connectivity index (χ2n) is 4.22. The van der Waals surface area contributed by atoms with E-state index in [0.717, 1.165) is 5.69 Å². The topological polar surface area (TPSA) is 12.9 Å². The van der Waals surface area contributed by atoms with Crippen molar-refractivity contribution in [1.82, 2.24) is 4.98 Å². The Hall–Kier alpha value is -1.20. The highest BCUT2D eigenvalue weighted by Gasteiger charge is 2.21. The molecule has 0 saturated carbocycles. The van der Waals surface area contributed by atoms with Crippen molar-refractivity contribution in [3.05, 3.63) is 35.7 Å². The summed E-state index contributed by atoms with van der Waals surface area (Å²) >= 11 is 1.98. The van der Waals surface area contributed by atoms with Gasteiger partial charge < -0.3 is 0 Å². The van der Waals surface area contributed by atoms with Crippen LogP contribution in [-0.4, -0.2) is 15.5 Å². The molecule has 2 rings (SSSR count). The van der Waals surface area contributed by atoms with Crippen LogP contribution < -0.4 is 0 Å². The third kappa shape index (κ3) is 3.64. The van der Waals surface area contributed by atoms with Gasteiger partial charge in [-0.1, -0.05) is 18.1 Å². The normalized spacial score (nSPS) is 23.6. The highest BCUT2D eigenvalue weighted by molar-refractivity contribution is 8.01. The predicted octanol–water partition coefficient (Wildman–Crippen LogP) is 3.69. The third-order valence-corrected chi connectivity index (χ3v) is 4.21. The van der Waals surface area contributed by atoms with Crippen molar-refractivity contribution in [3.8, 4) is 11.8 Å². The largest absolute Gasteiger partial charge is 0.262 e. The Bertz CT molecular complexity index is 467. The van der Waals surface area contributed by atoms with Gasteiger partial charge >= 0.3 is 0 Å². The quantitative estimate of drug-likeness (QED) is 0.735. The summed E-state index contributed by atoms with van der Waals surface area (Å²) in [7, 11) is 0. The summed E-state index contributed by atoms with van der Waals surface area (Å²) in [5.74, 6) is 6.26. The summed E-state index contributed by atoms with van der Waals surface area (Å²) in [6.45, 7) is 3.94. The van der Waals surface area contributed by atoms with E-state index in [0.29, 0.717) is 10.5 Å². The van der Waals surface area contributed by atoms with Crippen molar-refractivity contribution in [2.45, 2.75) is 37.2 Å². The van der Waals surface area contributed by atoms with Crippen LogP contribution in [0, 0.1) is 18.8 Å². The molecule has 1 aromatic rings. The van der Waals surface area contributed by atoms with Gasteiger partial charge in [-0.25, -0.2) is 0 Å². The summed E-state index contributed by atoms with van der Waals surface area (Å²) in [5.41, 5.74) is 2.31. The van der Waals surface area contributed by atoms with Crippen LogP contribution in [0.15, 0.2) is 24.4 Å². The molecule has 88 valence electrons. The van der Waals surface area contributed by atoms with E-state index in [9.17, 15) is 0 Å². The molecule has 0 spiro atoms. The molecular weight excluding hydrogens is 226 g/mol. The van der Waals surface area contributed by atoms with E-state index in [1.165, 1.54) is 18.4 Å². The number of hydrogen-bond donors (Lipinski definition) is 0. The second kappa shape index (κ2) is 5.93. The van der Waals surface area contributed by atoms with Crippen LogP contribution in [-0.2, 0) is 0 Å². The van der Waals surface area contributed by atoms with E-state index in [4.69, 9.17) is 0 Å². The van der Waals surface area contributed by atoms with E-state index >= 15 is 0 Å². The average molecular weight is 243 g/mol. The molecule has 1 aromatic heterocycles. The zero-order valence-corrected chi connectivity index (χ0v) is 11.1. The Kier molecular flexibility index (Phi) is 4.28. The standard InChI is InChI=1S/C15H17NS/c1-3-4-14-7-8-15(17-14)6-5-13-9-10-16-12(2)11-13/h5-6,9-11,14-15H,7-8H2,1-2H3/b6-5+. The first-order chi connectivity index (χ1) is 8.28. The van der Waals surface area contributed by atoms with Crippen LogP contribution in [0.3, 0.4) is 0 Å². The number of hydrogen-bond acceptors (Lipinski definition) is 2. The number of rotatable bonds is 2. The van der Waals surface area contributed by atoms with Gasteiger partial charge in [0.05, 0.1) is 5.25 Å². The maximum Gasteiger partial charge on any atom is 0.0663 e. The van der Waals surface area contributed by atoms with Gasteiger partial charge in [0.2, 0.25) is 0 Å². The van der Waals surface area contributed by atoms with Crippen LogP contribution >= 0.6 is 11.8 Å². The van der Waals surface area contributed by atoms with Gasteiger partial charge in [0.25, 0.3) is 0 Å². The molecule has 0 amide bonds. The molecule has 0 radical (unpaired) electrons. The van der Waals surface area contributed by atoms with Gasteiger partial charge in [0, 0.05) is 17.1 Å². The predicted molar refractivity (Wildman–Crippen MR) is 75.9 cm³/mol. The van der Waals surface area contributed by atoms with E-state index in [1.807, 2.05) is 37.9 Å². The molecule has 2 atom stereocenters. The lowest BCUT2D eigenvalue weighted by Gasteiger charge is -2.02. The van der Waals surface area contributed by atoms with Crippen molar-refractivity contribution in [3.63, 3.8) is 0 Å². The molecule has 0 bridgehead atoms. The number of aryl methyl sites for hydroxylation is 1. The highest BCUT2D eigenvalue weighted by atomic mass is 32.2. The van der Waals surface area contributed by atoms with Crippen molar-refractivity contribution in [2.24, 2.45) is 0 Å². The first-order valence-corrected chi connectivity index (χ1v) is 6.91. The van der Waals surface area contributed by atoms with Gasteiger partial charge in [-0.2, -0.15) is 0 Å². The summed E-state index contributed by atoms with van der Waals surface area (Å²) < 4.78 is 0. The summed E-state index contributed by atoms with van der Waals surface area (Å²) in [4.78, 5) is 4.20. The molecule has 2 heteroatoms. The monoisotopic (exact) mass is 243 g/mol. The molecule has 1 saturated heterocycles. The first kappa shape index (κ1) is 12.3. The lowest BCUT2D eigenvalue weighted by molar-refractivity contribution is 0.844. The van der Waals surface area contributed by atoms with E-state index in [2.05, 4.69) is 35.0 Å². The Morgan fingerprint density at radius 3 is 3.12 bits per heavy atom. The molecule has 0 aliphatic carbocycles. The molecule has 0 N–H and O–H groups in total. The number of pyridine rings is 1. The van der Waals surface area contributed by atoms with Crippen molar-refractivity contribution >= 4 is 17.8 Å². The molecule has 0 aromatic carbocycles. The second-order valence-corrected chi connectivity index (χ2v) is 5.67. The van der Waals surface area contributed by atoms with Crippen molar-refractivity contribution in [1.29, 1.82) is 0 Å². The lowest BCUT2D eigenvalue weighted by Crippen LogP contribution is -1.91. The van der Waals surface area contributed by atoms with E-state index in [1.54, 1.807) is 0 Å². The van der Waals surface area contributed by atoms with E-state index < -0.39 is 0 Å². The Morgan fingerprint density at radius 2 is 2.35 bits per heavy atom. The molecule has 2 unspecified atom stereocenters. The minimum atomic E-state index is 0.536. The molecular formula is C15H17NS. The fourth-order valence-electron chi connectivity index (χ4n) is 1.96. The van der Waals surface area contributed by atoms with E-state index in [-0.39, 0.29) is 0 Å². The molecule has 17 heavy (non-hydrogen) atoms. The van der Waals surface area contributed by atoms with Crippen LogP contribution in [0.1, 0.15) is 31.0 Å². The zero-order valence-electron chi connectivity index (χ0n) is 10.3. The van der Waals surface area contributed by atoms with Crippen LogP contribution in [0.25, 0.3) is 6.08 Å². The summed E-state index contributed by atoms with van der Waals surface area (Å²) in [6, 6.07) is 4.16. The highest BCUT2D eigenvalue weighted by Crippen LogP contribution is 2.34. The van der Waals surface area contributed by atoms with Gasteiger partial charge in [0.15, 0.2) is 0 Å². The molecule has 1 nitrogen and oxygen atoms in total. The smallest absolute Gasteiger partial charge is 0.0663 e. The fourth-order valence-corrected chi connectivity index (χ4v) is 3.28. The Labute approximate surface area is 108 Å². The summed E-state index contributed by atoms with van der Waals surface area (Å²) in [5, 5.41) is 1.16. The van der Waals surface area contributed by atoms with Gasteiger partial charge in [0.1, 0.15) is 0 Å². The van der Waals surface area contributed by atoms with Crippen molar-refractivity contribution in [2.75, 3.05) is 0 Å². The minimum Gasteiger partial charge on any atom is -0.262 e. The first-order valence-electron chi connectivity index (χ1n) is 5.96. The van der Waals surface area contributed by atoms with Gasteiger partial charge in [-0.15, -0.1) is 17.7 Å². The van der Waals surface area contributed by atoms with Crippen LogP contribution in [0.5, 0.6) is 0 Å². The van der Waals surface area contributed by atoms with Crippen molar-refractivity contribution < 1.29 is 0 Å². The SMILES string of the molecule is CC#CC1CCC(/C=C/c2ccnc(C)c2)S1. The molecule has 1 fully saturated rings. The maximum atomic E-state index is 4.20. The number of aromatic nitrogens is 1. The fraction of sp³-hybridized carbons (Fsp3) is 0.400. The molecule has 2 heterocycles. The minimum absolute atomic E-state index is 0.536. The lowest BCUT2D eigenvalue weighted by atomic mass is 10.1. The van der Waals surface area contributed by atoms with Crippen LogP contribution in [0.2, 0.25) is 0 Å². The number of thioether (sulfide) groups is 1. The van der Waals surface area contributed by atoms with Gasteiger partial charge in [-0.05, 0) is 44.4 Å². The van der Waals surface area contributed by atoms with Gasteiger partial charge in [-0.3, -0.25) is 4.98 Å².